The number of anilines is 1. The van der Waals surface area contributed by atoms with Gasteiger partial charge in [0.1, 0.15) is 0 Å². The number of para-hydroxylation sites is 1. The number of piperidine rings is 1. The number of aromatic nitrogens is 1. The standard InChI is InChI=1S/C23H27N3O4S2/c1-16-7-6-8-17(2)22(16)24-32(29,30)18-9-10-19-20(15-18)31-23(28)26(19)14-11-21(27)25-12-4-3-5-13-25/h6-10,15,24H,3-5,11-14H2,1-2H3. The van der Waals surface area contributed by atoms with Crippen LogP contribution < -0.4 is 9.60 Å². The van der Waals surface area contributed by atoms with Gasteiger partial charge in [-0.05, 0) is 62.4 Å². The summed E-state index contributed by atoms with van der Waals surface area (Å²) in [4.78, 5) is 26.8. The molecule has 1 amide bonds. The zero-order valence-electron chi connectivity index (χ0n) is 18.3. The molecule has 0 bridgehead atoms. The zero-order chi connectivity index (χ0) is 22.9. The molecule has 1 fully saturated rings. The molecule has 0 saturated carbocycles. The van der Waals surface area contributed by atoms with Crippen LogP contribution in [0.5, 0.6) is 0 Å². The molecule has 1 saturated heterocycles. The Labute approximate surface area is 191 Å². The van der Waals surface area contributed by atoms with Crippen molar-refractivity contribution in [3.05, 3.63) is 57.2 Å². The molecule has 4 rings (SSSR count). The topological polar surface area (TPSA) is 88.5 Å². The van der Waals surface area contributed by atoms with Crippen molar-refractivity contribution < 1.29 is 13.2 Å². The number of carbonyl (C=O) groups excluding carboxylic acids is 1. The number of amides is 1. The maximum atomic E-state index is 13.0. The average molecular weight is 474 g/mol. The van der Waals surface area contributed by atoms with Crippen LogP contribution in [0.4, 0.5) is 5.69 Å². The van der Waals surface area contributed by atoms with Gasteiger partial charge in [-0.3, -0.25) is 18.9 Å². The van der Waals surface area contributed by atoms with E-state index in [0.29, 0.717) is 22.4 Å². The number of thiazole rings is 1. The molecule has 2 heterocycles. The van der Waals surface area contributed by atoms with Crippen molar-refractivity contribution in [3.63, 3.8) is 0 Å². The van der Waals surface area contributed by atoms with Gasteiger partial charge in [0, 0.05) is 26.1 Å². The summed E-state index contributed by atoms with van der Waals surface area (Å²) in [6, 6.07) is 10.3. The third-order valence-electron chi connectivity index (χ3n) is 5.93. The molecule has 9 heteroatoms. The van der Waals surface area contributed by atoms with Crippen molar-refractivity contribution in [2.24, 2.45) is 0 Å². The molecule has 1 N–H and O–H groups in total. The van der Waals surface area contributed by atoms with Crippen molar-refractivity contribution in [2.75, 3.05) is 17.8 Å². The molecular formula is C23H27N3O4S2. The highest BCUT2D eigenvalue weighted by atomic mass is 32.2. The lowest BCUT2D eigenvalue weighted by Crippen LogP contribution is -2.36. The lowest BCUT2D eigenvalue weighted by molar-refractivity contribution is -0.132. The summed E-state index contributed by atoms with van der Waals surface area (Å²) < 4.78 is 30.8. The average Bonchev–Trinajstić information content (AvgIpc) is 3.09. The van der Waals surface area contributed by atoms with Crippen molar-refractivity contribution in [1.82, 2.24) is 9.47 Å². The van der Waals surface area contributed by atoms with E-state index in [9.17, 15) is 18.0 Å². The van der Waals surface area contributed by atoms with Crippen LogP contribution in [0.1, 0.15) is 36.8 Å². The number of benzene rings is 2. The van der Waals surface area contributed by atoms with E-state index < -0.39 is 10.0 Å². The molecule has 1 aliphatic rings. The second-order valence-corrected chi connectivity index (χ2v) is 10.9. The predicted molar refractivity (Wildman–Crippen MR) is 128 cm³/mol. The highest BCUT2D eigenvalue weighted by Gasteiger charge is 2.20. The van der Waals surface area contributed by atoms with Crippen LogP contribution >= 0.6 is 11.3 Å². The first kappa shape index (κ1) is 22.5. The summed E-state index contributed by atoms with van der Waals surface area (Å²) in [6.45, 7) is 5.57. The SMILES string of the molecule is Cc1cccc(C)c1NS(=O)(=O)c1ccc2c(c1)sc(=O)n2CCC(=O)N1CCCCC1. The number of fused-ring (bicyclic) bond motifs is 1. The van der Waals surface area contributed by atoms with Gasteiger partial charge in [0.05, 0.1) is 20.8 Å². The van der Waals surface area contributed by atoms with Gasteiger partial charge >= 0.3 is 4.87 Å². The number of nitrogens with zero attached hydrogens (tertiary/aromatic N) is 2. The summed E-state index contributed by atoms with van der Waals surface area (Å²) in [6.07, 6.45) is 3.47. The van der Waals surface area contributed by atoms with Crippen molar-refractivity contribution in [1.29, 1.82) is 0 Å². The van der Waals surface area contributed by atoms with Crippen molar-refractivity contribution in [2.45, 2.75) is 51.0 Å². The lowest BCUT2D eigenvalue weighted by Gasteiger charge is -2.26. The number of aryl methyl sites for hydroxylation is 3. The van der Waals surface area contributed by atoms with E-state index in [1.54, 1.807) is 10.6 Å². The minimum atomic E-state index is -3.81. The van der Waals surface area contributed by atoms with Crippen molar-refractivity contribution >= 4 is 43.2 Å². The van der Waals surface area contributed by atoms with Crippen molar-refractivity contribution in [3.8, 4) is 0 Å². The fourth-order valence-electron chi connectivity index (χ4n) is 4.10. The number of nitrogens with one attached hydrogen (secondary N) is 1. The Morgan fingerprint density at radius 3 is 2.44 bits per heavy atom. The van der Waals surface area contributed by atoms with E-state index in [4.69, 9.17) is 0 Å². The number of carbonyl (C=O) groups is 1. The summed E-state index contributed by atoms with van der Waals surface area (Å²) in [7, 11) is -3.81. The van der Waals surface area contributed by atoms with Crippen LogP contribution in [0.25, 0.3) is 10.2 Å². The normalized spacial score (nSPS) is 14.6. The van der Waals surface area contributed by atoms with Crippen LogP contribution in [0.15, 0.2) is 46.1 Å². The molecule has 1 aliphatic heterocycles. The minimum absolute atomic E-state index is 0.0629. The number of likely N-dealkylation sites (tertiary alicyclic amines) is 1. The molecule has 0 atom stereocenters. The first-order chi connectivity index (χ1) is 15.3. The van der Waals surface area contributed by atoms with Gasteiger partial charge in [0.25, 0.3) is 10.0 Å². The Kier molecular flexibility index (Phi) is 6.39. The highest BCUT2D eigenvalue weighted by Crippen LogP contribution is 2.26. The Balaban J connectivity index is 1.56. The quantitative estimate of drug-likeness (QED) is 0.588. The fourth-order valence-corrected chi connectivity index (χ4v) is 6.36. The van der Waals surface area contributed by atoms with Gasteiger partial charge in [-0.1, -0.05) is 29.5 Å². The van der Waals surface area contributed by atoms with E-state index in [2.05, 4.69) is 4.72 Å². The Bertz CT molecular complexity index is 1300. The Morgan fingerprint density at radius 2 is 1.75 bits per heavy atom. The second-order valence-electron chi connectivity index (χ2n) is 8.21. The monoisotopic (exact) mass is 473 g/mol. The van der Waals surface area contributed by atoms with Crippen LogP contribution in [-0.2, 0) is 21.4 Å². The van der Waals surface area contributed by atoms with Gasteiger partial charge in [0.2, 0.25) is 5.91 Å². The van der Waals surface area contributed by atoms with E-state index in [-0.39, 0.29) is 22.1 Å². The first-order valence-corrected chi connectivity index (χ1v) is 13.1. The van der Waals surface area contributed by atoms with Gasteiger partial charge in [0.15, 0.2) is 0 Å². The molecule has 0 radical (unpaired) electrons. The smallest absolute Gasteiger partial charge is 0.308 e. The summed E-state index contributed by atoms with van der Waals surface area (Å²) in [5.74, 6) is 0.0629. The third-order valence-corrected chi connectivity index (χ3v) is 8.21. The fraction of sp³-hybridized carbons (Fsp3) is 0.391. The van der Waals surface area contributed by atoms with Gasteiger partial charge in [-0.15, -0.1) is 0 Å². The maximum Gasteiger partial charge on any atom is 0.308 e. The van der Waals surface area contributed by atoms with Gasteiger partial charge in [-0.2, -0.15) is 0 Å². The highest BCUT2D eigenvalue weighted by molar-refractivity contribution is 7.92. The van der Waals surface area contributed by atoms with Gasteiger partial charge < -0.3 is 4.90 Å². The van der Waals surface area contributed by atoms with Crippen LogP contribution in [0, 0.1) is 13.8 Å². The van der Waals surface area contributed by atoms with E-state index >= 15 is 0 Å². The van der Waals surface area contributed by atoms with Gasteiger partial charge in [-0.25, -0.2) is 8.42 Å². The van der Waals surface area contributed by atoms with Crippen LogP contribution in [-0.4, -0.2) is 36.9 Å². The van der Waals surface area contributed by atoms with E-state index in [0.717, 1.165) is 54.8 Å². The third kappa shape index (κ3) is 4.59. The van der Waals surface area contributed by atoms with E-state index in [1.165, 1.54) is 12.1 Å². The first-order valence-electron chi connectivity index (χ1n) is 10.8. The molecule has 0 unspecified atom stereocenters. The number of hydrogen-bond donors (Lipinski definition) is 1. The summed E-state index contributed by atoms with van der Waals surface area (Å²) in [5, 5.41) is 0. The molecule has 170 valence electrons. The number of rotatable bonds is 6. The molecule has 0 spiro atoms. The van der Waals surface area contributed by atoms with Crippen LogP contribution in [0.2, 0.25) is 0 Å². The molecular weight excluding hydrogens is 446 g/mol. The summed E-state index contributed by atoms with van der Waals surface area (Å²) in [5.41, 5.74) is 2.89. The molecule has 0 aliphatic carbocycles. The minimum Gasteiger partial charge on any atom is -0.343 e. The summed E-state index contributed by atoms with van der Waals surface area (Å²) >= 11 is 0.999. The number of sulfonamides is 1. The maximum absolute atomic E-state index is 13.0. The predicted octanol–water partition coefficient (Wildman–Crippen LogP) is 3.88. The van der Waals surface area contributed by atoms with E-state index in [1.807, 2.05) is 36.9 Å². The number of hydrogen-bond acceptors (Lipinski definition) is 5. The Hall–Kier alpha value is -2.65. The Morgan fingerprint density at radius 1 is 1.06 bits per heavy atom. The molecule has 32 heavy (non-hydrogen) atoms. The van der Waals surface area contributed by atoms with Crippen LogP contribution in [0.3, 0.4) is 0 Å². The zero-order valence-corrected chi connectivity index (χ0v) is 19.9. The lowest BCUT2D eigenvalue weighted by atomic mass is 10.1. The molecule has 7 nitrogen and oxygen atoms in total. The molecule has 1 aromatic heterocycles. The largest absolute Gasteiger partial charge is 0.343 e. The molecule has 3 aromatic rings. The molecule has 2 aromatic carbocycles. The second kappa shape index (κ2) is 9.07.